The zero-order valence-corrected chi connectivity index (χ0v) is 16.6. The number of nitro groups is 1. The number of anilines is 1. The van der Waals surface area contributed by atoms with Crippen molar-refractivity contribution in [3.05, 3.63) is 60.5 Å². The topological polar surface area (TPSA) is 121 Å². The monoisotopic (exact) mass is 401 g/mol. The van der Waals surface area contributed by atoms with Gasteiger partial charge in [0.2, 0.25) is 0 Å². The van der Waals surface area contributed by atoms with Crippen LogP contribution < -0.4 is 10.9 Å². The molecule has 2 N–H and O–H groups in total. The fraction of sp³-hybridized carbons (Fsp3) is 0.278. The van der Waals surface area contributed by atoms with Gasteiger partial charge in [-0.2, -0.15) is 0 Å². The Kier molecular flexibility index (Phi) is 5.25. The number of amides is 1. The maximum absolute atomic E-state index is 12.7. The van der Waals surface area contributed by atoms with Gasteiger partial charge in [0.25, 0.3) is 17.2 Å². The number of nitrogens with one attached hydrogen (secondary N) is 2. The second-order valence-electron chi connectivity index (χ2n) is 6.70. The van der Waals surface area contributed by atoms with Crippen LogP contribution in [0.3, 0.4) is 0 Å². The molecule has 1 amide bonds. The average Bonchev–Trinajstić information content (AvgIpc) is 2.91. The van der Waals surface area contributed by atoms with Crippen molar-refractivity contribution in [2.45, 2.75) is 20.4 Å². The molecule has 2 heterocycles. The number of benzene rings is 1. The summed E-state index contributed by atoms with van der Waals surface area (Å²) in [6.07, 6.45) is 0. The van der Waals surface area contributed by atoms with E-state index in [0.717, 1.165) is 11.3 Å². The van der Waals surface area contributed by atoms with Crippen LogP contribution in [0.4, 0.5) is 11.4 Å². The van der Waals surface area contributed by atoms with Gasteiger partial charge in [-0.05, 0) is 45.6 Å². The molecule has 0 aliphatic heterocycles. The maximum Gasteiger partial charge on any atom is 0.272 e. The molecule has 3 aromatic rings. The molecule has 0 unspecified atom stereocenters. The maximum atomic E-state index is 12.7. The Morgan fingerprint density at radius 3 is 2.68 bits per heavy atom. The first-order valence-electron chi connectivity index (χ1n) is 8.40. The van der Waals surface area contributed by atoms with Crippen LogP contribution in [0.5, 0.6) is 0 Å². The lowest BCUT2D eigenvalue weighted by molar-refractivity contribution is -0.385. The lowest BCUT2D eigenvalue weighted by Crippen LogP contribution is -2.18. The number of carbonyl (C=O) groups is 1. The number of H-pyrrole nitrogens is 1. The highest BCUT2D eigenvalue weighted by Gasteiger charge is 2.20. The SMILES string of the molecule is Cc1cc(NC(=O)c2sc3nc(CN(C)C)[nH]c(=O)c3c2C)ccc1[N+](=O)[O-]. The van der Waals surface area contributed by atoms with Crippen LogP contribution >= 0.6 is 11.3 Å². The number of aromatic amines is 1. The van der Waals surface area contributed by atoms with E-state index in [9.17, 15) is 19.7 Å². The Morgan fingerprint density at radius 2 is 2.07 bits per heavy atom. The van der Waals surface area contributed by atoms with Gasteiger partial charge in [-0.25, -0.2) is 4.98 Å². The van der Waals surface area contributed by atoms with Crippen LogP contribution in [0.15, 0.2) is 23.0 Å². The quantitative estimate of drug-likeness (QED) is 0.501. The van der Waals surface area contributed by atoms with E-state index in [0.29, 0.717) is 44.3 Å². The first-order valence-corrected chi connectivity index (χ1v) is 9.22. The van der Waals surface area contributed by atoms with Gasteiger partial charge < -0.3 is 15.2 Å². The van der Waals surface area contributed by atoms with Gasteiger partial charge in [-0.15, -0.1) is 11.3 Å². The van der Waals surface area contributed by atoms with Crippen molar-refractivity contribution in [2.24, 2.45) is 0 Å². The summed E-state index contributed by atoms with van der Waals surface area (Å²) in [4.78, 5) is 45.6. The summed E-state index contributed by atoms with van der Waals surface area (Å²) in [6, 6.07) is 4.37. The van der Waals surface area contributed by atoms with Gasteiger partial charge in [0.05, 0.1) is 21.7 Å². The lowest BCUT2D eigenvalue weighted by Gasteiger charge is -2.07. The van der Waals surface area contributed by atoms with Crippen LogP contribution in [-0.4, -0.2) is 39.8 Å². The second-order valence-corrected chi connectivity index (χ2v) is 7.70. The van der Waals surface area contributed by atoms with E-state index in [1.807, 2.05) is 19.0 Å². The summed E-state index contributed by atoms with van der Waals surface area (Å²) in [7, 11) is 3.74. The predicted molar refractivity (Wildman–Crippen MR) is 108 cm³/mol. The minimum Gasteiger partial charge on any atom is -0.321 e. The highest BCUT2D eigenvalue weighted by molar-refractivity contribution is 7.20. The molecule has 0 radical (unpaired) electrons. The summed E-state index contributed by atoms with van der Waals surface area (Å²) in [5.41, 5.74) is 1.16. The number of aromatic nitrogens is 2. The Bertz CT molecular complexity index is 1150. The van der Waals surface area contributed by atoms with E-state index >= 15 is 0 Å². The largest absolute Gasteiger partial charge is 0.321 e. The molecule has 146 valence electrons. The molecular formula is C18H19N5O4S. The van der Waals surface area contributed by atoms with Gasteiger partial charge >= 0.3 is 0 Å². The third kappa shape index (κ3) is 3.78. The highest BCUT2D eigenvalue weighted by Crippen LogP contribution is 2.28. The number of carbonyl (C=O) groups excluding carboxylic acids is 1. The van der Waals surface area contributed by atoms with E-state index < -0.39 is 4.92 Å². The van der Waals surface area contributed by atoms with Gasteiger partial charge in [-0.3, -0.25) is 19.7 Å². The summed E-state index contributed by atoms with van der Waals surface area (Å²) < 4.78 is 0. The summed E-state index contributed by atoms with van der Waals surface area (Å²) >= 11 is 1.15. The van der Waals surface area contributed by atoms with E-state index in [1.165, 1.54) is 12.1 Å². The van der Waals surface area contributed by atoms with Crippen molar-refractivity contribution in [2.75, 3.05) is 19.4 Å². The molecule has 10 heteroatoms. The van der Waals surface area contributed by atoms with E-state index in [1.54, 1.807) is 19.9 Å². The molecule has 0 saturated heterocycles. The average molecular weight is 401 g/mol. The summed E-state index contributed by atoms with van der Waals surface area (Å²) in [6.45, 7) is 3.79. The molecule has 3 rings (SSSR count). The molecule has 0 aliphatic carbocycles. The summed E-state index contributed by atoms with van der Waals surface area (Å²) in [5, 5.41) is 14.1. The van der Waals surface area contributed by atoms with Crippen LogP contribution in [0, 0.1) is 24.0 Å². The number of fused-ring (bicyclic) bond motifs is 1. The van der Waals surface area contributed by atoms with Gasteiger partial charge in [0.15, 0.2) is 0 Å². The van der Waals surface area contributed by atoms with Gasteiger partial charge in [0.1, 0.15) is 10.7 Å². The predicted octanol–water partition coefficient (Wildman–Crippen LogP) is 2.82. The normalized spacial score (nSPS) is 11.2. The Morgan fingerprint density at radius 1 is 1.36 bits per heavy atom. The lowest BCUT2D eigenvalue weighted by atomic mass is 10.1. The zero-order valence-electron chi connectivity index (χ0n) is 15.8. The molecule has 0 aliphatic rings. The van der Waals surface area contributed by atoms with Crippen LogP contribution in [-0.2, 0) is 6.54 Å². The summed E-state index contributed by atoms with van der Waals surface area (Å²) in [5.74, 6) is 0.143. The van der Waals surface area contributed by atoms with E-state index in [-0.39, 0.29) is 17.2 Å². The third-order valence-corrected chi connectivity index (χ3v) is 5.36. The van der Waals surface area contributed by atoms with Crippen LogP contribution in [0.25, 0.3) is 10.2 Å². The molecule has 0 atom stereocenters. The smallest absolute Gasteiger partial charge is 0.272 e. The fourth-order valence-corrected chi connectivity index (χ4v) is 4.00. The number of nitrogens with zero attached hydrogens (tertiary/aromatic N) is 3. The first kappa shape index (κ1) is 19.6. The number of thiophene rings is 1. The van der Waals surface area contributed by atoms with Crippen molar-refractivity contribution in [1.29, 1.82) is 0 Å². The highest BCUT2D eigenvalue weighted by atomic mass is 32.1. The van der Waals surface area contributed by atoms with Crippen molar-refractivity contribution in [3.63, 3.8) is 0 Å². The van der Waals surface area contributed by atoms with Crippen LogP contribution in [0.2, 0.25) is 0 Å². The molecule has 0 fully saturated rings. The molecule has 0 spiro atoms. The Hall–Kier alpha value is -3.11. The number of aryl methyl sites for hydroxylation is 2. The van der Waals surface area contributed by atoms with Crippen molar-refractivity contribution < 1.29 is 9.72 Å². The minimum absolute atomic E-state index is 0.0137. The number of rotatable bonds is 5. The first-order chi connectivity index (χ1) is 13.2. The molecule has 9 nitrogen and oxygen atoms in total. The standard InChI is InChI=1S/C18H19N5O4S/c1-9-7-11(5-6-12(9)23(26)27)19-17(25)15-10(2)14-16(24)20-13(8-22(3)4)21-18(14)28-15/h5-7H,8H2,1-4H3,(H,19,25)(H,20,21,24). The fourth-order valence-electron chi connectivity index (χ4n) is 2.91. The molecule has 1 aromatic carbocycles. The second kappa shape index (κ2) is 7.49. The zero-order chi connectivity index (χ0) is 20.6. The minimum atomic E-state index is -0.472. The molecular weight excluding hydrogens is 382 g/mol. The molecule has 28 heavy (non-hydrogen) atoms. The van der Waals surface area contributed by atoms with Crippen molar-refractivity contribution in [3.8, 4) is 0 Å². The van der Waals surface area contributed by atoms with E-state index in [4.69, 9.17) is 0 Å². The Labute approximate surface area is 164 Å². The van der Waals surface area contributed by atoms with Gasteiger partial charge in [-0.1, -0.05) is 0 Å². The molecule has 0 saturated carbocycles. The third-order valence-electron chi connectivity index (χ3n) is 4.17. The van der Waals surface area contributed by atoms with E-state index in [2.05, 4.69) is 15.3 Å². The van der Waals surface area contributed by atoms with Crippen molar-refractivity contribution in [1.82, 2.24) is 14.9 Å². The number of nitro benzene ring substituents is 1. The van der Waals surface area contributed by atoms with Crippen molar-refractivity contribution >= 4 is 38.8 Å². The Balaban J connectivity index is 1.95. The molecule has 0 bridgehead atoms. The van der Waals surface area contributed by atoms with Gasteiger partial charge in [0, 0.05) is 17.3 Å². The number of hydrogen-bond acceptors (Lipinski definition) is 7. The molecule has 2 aromatic heterocycles. The van der Waals surface area contributed by atoms with Crippen LogP contribution in [0.1, 0.15) is 26.6 Å². The number of hydrogen-bond donors (Lipinski definition) is 2.